The van der Waals surface area contributed by atoms with Gasteiger partial charge in [-0.15, -0.1) is 0 Å². The molecule has 0 aliphatic carbocycles. The van der Waals surface area contributed by atoms with Gasteiger partial charge >= 0.3 is 0 Å². The topological polar surface area (TPSA) is 123 Å². The third-order valence-electron chi connectivity index (χ3n) is 5.68. The number of carbonyl (C=O) groups is 1. The summed E-state index contributed by atoms with van der Waals surface area (Å²) in [4.78, 5) is 30.5. The Balaban J connectivity index is 1.52. The molecule has 1 atom stereocenters. The van der Waals surface area contributed by atoms with Gasteiger partial charge in [-0.2, -0.15) is 5.10 Å². The molecular formula is C27H24N4O5. The monoisotopic (exact) mass is 484 g/mol. The van der Waals surface area contributed by atoms with Crippen molar-refractivity contribution < 1.29 is 18.4 Å². The number of amides is 1. The molecule has 36 heavy (non-hydrogen) atoms. The molecule has 5 rings (SSSR count). The molecule has 9 heteroatoms. The second kappa shape index (κ2) is 10.0. The second-order valence-electron chi connectivity index (χ2n) is 8.32. The molecule has 0 spiro atoms. The summed E-state index contributed by atoms with van der Waals surface area (Å²) in [5.74, 6) is 1.49. The van der Waals surface area contributed by atoms with Crippen LogP contribution >= 0.6 is 0 Å². The van der Waals surface area contributed by atoms with Crippen molar-refractivity contribution in [2.45, 2.75) is 26.0 Å². The average molecular weight is 485 g/mol. The van der Waals surface area contributed by atoms with Crippen molar-refractivity contribution in [3.8, 4) is 11.3 Å². The van der Waals surface area contributed by atoms with E-state index in [2.05, 4.69) is 20.5 Å². The minimum atomic E-state index is -0.604. The maximum absolute atomic E-state index is 13.4. The largest absolute Gasteiger partial charge is 0.457 e. The SMILES string of the molecule is COCc1nc(C(NC(=O)Cc2c(-c3ccccc3)oc3c(=O)cc(C)oc23)c2ccccc2)n[nH]1. The molecule has 0 saturated carbocycles. The van der Waals surface area contributed by atoms with Crippen molar-refractivity contribution in [2.75, 3.05) is 7.11 Å². The highest BCUT2D eigenvalue weighted by Crippen LogP contribution is 2.33. The van der Waals surface area contributed by atoms with E-state index in [0.29, 0.717) is 28.7 Å². The molecule has 0 saturated heterocycles. The highest BCUT2D eigenvalue weighted by atomic mass is 16.5. The van der Waals surface area contributed by atoms with Crippen LogP contribution in [0.2, 0.25) is 0 Å². The standard InChI is InChI=1S/C27H24N4O5/c1-16-13-20(32)26-25(35-16)19(24(36-26)18-11-7-4-8-12-18)14-22(33)29-23(17-9-5-3-6-10-17)27-28-21(15-34-2)30-31-27/h3-13,23H,14-15H2,1-2H3,(H,29,33)(H,28,30,31). The fraction of sp³-hybridized carbons (Fsp3) is 0.185. The summed E-state index contributed by atoms with van der Waals surface area (Å²) >= 11 is 0. The average Bonchev–Trinajstić information content (AvgIpc) is 3.49. The van der Waals surface area contributed by atoms with Gasteiger partial charge in [0.05, 0.1) is 12.0 Å². The van der Waals surface area contributed by atoms with Crippen molar-refractivity contribution in [3.05, 3.63) is 105 Å². The van der Waals surface area contributed by atoms with Gasteiger partial charge in [0.15, 0.2) is 17.2 Å². The summed E-state index contributed by atoms with van der Waals surface area (Å²) in [5, 5.41) is 10.2. The minimum absolute atomic E-state index is 0.0810. The van der Waals surface area contributed by atoms with E-state index < -0.39 is 6.04 Å². The van der Waals surface area contributed by atoms with Gasteiger partial charge in [0.25, 0.3) is 0 Å². The summed E-state index contributed by atoms with van der Waals surface area (Å²) in [6.45, 7) is 1.95. The number of nitrogens with zero attached hydrogens (tertiary/aromatic N) is 2. The molecule has 2 aromatic carbocycles. The first kappa shape index (κ1) is 23.3. The molecule has 5 aromatic rings. The smallest absolute Gasteiger partial charge is 0.228 e. The minimum Gasteiger partial charge on any atom is -0.457 e. The fourth-order valence-electron chi connectivity index (χ4n) is 4.10. The number of benzene rings is 2. The first-order valence-corrected chi connectivity index (χ1v) is 11.4. The lowest BCUT2D eigenvalue weighted by molar-refractivity contribution is -0.121. The zero-order valence-electron chi connectivity index (χ0n) is 19.8. The van der Waals surface area contributed by atoms with Crippen LogP contribution in [0, 0.1) is 6.92 Å². The predicted molar refractivity (Wildman–Crippen MR) is 132 cm³/mol. The molecule has 0 aliphatic rings. The van der Waals surface area contributed by atoms with Gasteiger partial charge in [-0.05, 0) is 12.5 Å². The number of aryl methyl sites for hydroxylation is 1. The van der Waals surface area contributed by atoms with Crippen LogP contribution in [0.5, 0.6) is 0 Å². The zero-order chi connectivity index (χ0) is 25.1. The van der Waals surface area contributed by atoms with Gasteiger partial charge in [0, 0.05) is 18.7 Å². The van der Waals surface area contributed by atoms with Gasteiger partial charge in [-0.25, -0.2) is 4.98 Å². The summed E-state index contributed by atoms with van der Waals surface area (Å²) < 4.78 is 16.9. The lowest BCUT2D eigenvalue weighted by atomic mass is 10.0. The number of ether oxygens (including phenoxy) is 1. The number of H-pyrrole nitrogens is 1. The first-order chi connectivity index (χ1) is 17.5. The van der Waals surface area contributed by atoms with Crippen molar-refractivity contribution in [1.29, 1.82) is 0 Å². The molecular weight excluding hydrogens is 460 g/mol. The Labute approximate surface area is 206 Å². The maximum atomic E-state index is 13.4. The van der Waals surface area contributed by atoms with Crippen LogP contribution in [-0.2, 0) is 22.6 Å². The van der Waals surface area contributed by atoms with Crippen LogP contribution in [0.4, 0.5) is 0 Å². The van der Waals surface area contributed by atoms with E-state index in [0.717, 1.165) is 11.1 Å². The molecule has 1 unspecified atom stereocenters. The van der Waals surface area contributed by atoms with Crippen LogP contribution in [0.25, 0.3) is 22.5 Å². The van der Waals surface area contributed by atoms with Crippen LogP contribution in [-0.4, -0.2) is 28.2 Å². The van der Waals surface area contributed by atoms with Gasteiger partial charge in [0.2, 0.25) is 16.9 Å². The Hall–Kier alpha value is -4.50. The molecule has 3 heterocycles. The van der Waals surface area contributed by atoms with E-state index in [9.17, 15) is 9.59 Å². The molecule has 0 fully saturated rings. The molecule has 0 radical (unpaired) electrons. The summed E-state index contributed by atoms with van der Waals surface area (Å²) in [7, 11) is 1.57. The Morgan fingerprint density at radius 1 is 1.06 bits per heavy atom. The summed E-state index contributed by atoms with van der Waals surface area (Å²) in [6.07, 6.45) is -0.0810. The van der Waals surface area contributed by atoms with Crippen LogP contribution in [0.15, 0.2) is 80.4 Å². The van der Waals surface area contributed by atoms with E-state index in [-0.39, 0.29) is 35.5 Å². The Kier molecular flexibility index (Phi) is 6.46. The van der Waals surface area contributed by atoms with Gasteiger partial charge in [-0.1, -0.05) is 60.7 Å². The van der Waals surface area contributed by atoms with Crippen molar-refractivity contribution >= 4 is 17.1 Å². The number of furan rings is 1. The number of rotatable bonds is 8. The third-order valence-corrected chi connectivity index (χ3v) is 5.68. The van der Waals surface area contributed by atoms with Gasteiger partial charge < -0.3 is 18.9 Å². The van der Waals surface area contributed by atoms with Gasteiger partial charge in [0.1, 0.15) is 24.2 Å². The number of aromatic amines is 1. The summed E-state index contributed by atoms with van der Waals surface area (Å²) in [6, 6.07) is 19.5. The van der Waals surface area contributed by atoms with Crippen molar-refractivity contribution in [1.82, 2.24) is 20.5 Å². The predicted octanol–water partition coefficient (Wildman–Crippen LogP) is 4.07. The van der Waals surface area contributed by atoms with Crippen LogP contribution < -0.4 is 10.7 Å². The van der Waals surface area contributed by atoms with Crippen molar-refractivity contribution in [3.63, 3.8) is 0 Å². The lowest BCUT2D eigenvalue weighted by Crippen LogP contribution is -2.31. The van der Waals surface area contributed by atoms with E-state index in [1.807, 2.05) is 60.7 Å². The molecule has 9 nitrogen and oxygen atoms in total. The highest BCUT2D eigenvalue weighted by molar-refractivity contribution is 5.90. The normalized spacial score (nSPS) is 12.1. The van der Waals surface area contributed by atoms with E-state index in [1.54, 1.807) is 14.0 Å². The highest BCUT2D eigenvalue weighted by Gasteiger charge is 2.26. The number of fused-ring (bicyclic) bond motifs is 1. The fourth-order valence-corrected chi connectivity index (χ4v) is 4.10. The van der Waals surface area contributed by atoms with Crippen molar-refractivity contribution in [2.24, 2.45) is 0 Å². The first-order valence-electron chi connectivity index (χ1n) is 11.4. The van der Waals surface area contributed by atoms with E-state index in [4.69, 9.17) is 13.6 Å². The second-order valence-corrected chi connectivity index (χ2v) is 8.32. The quantitative estimate of drug-likeness (QED) is 0.340. The molecule has 0 bridgehead atoms. The molecule has 3 aromatic heterocycles. The third kappa shape index (κ3) is 4.69. The number of carbonyl (C=O) groups excluding carboxylic acids is 1. The van der Waals surface area contributed by atoms with Crippen LogP contribution in [0.3, 0.4) is 0 Å². The Morgan fingerprint density at radius 3 is 2.50 bits per heavy atom. The number of hydrogen-bond acceptors (Lipinski definition) is 7. The Bertz CT molecular complexity index is 1550. The van der Waals surface area contributed by atoms with E-state index in [1.165, 1.54) is 6.07 Å². The lowest BCUT2D eigenvalue weighted by Gasteiger charge is -2.16. The van der Waals surface area contributed by atoms with Crippen LogP contribution in [0.1, 0.15) is 34.6 Å². The number of aromatic nitrogens is 3. The zero-order valence-corrected chi connectivity index (χ0v) is 19.8. The van der Waals surface area contributed by atoms with E-state index >= 15 is 0 Å². The summed E-state index contributed by atoms with van der Waals surface area (Å²) in [5.41, 5.74) is 2.10. The Morgan fingerprint density at radius 2 is 1.78 bits per heavy atom. The van der Waals surface area contributed by atoms with Gasteiger partial charge in [-0.3, -0.25) is 14.7 Å². The molecule has 0 aliphatic heterocycles. The number of hydrogen-bond donors (Lipinski definition) is 2. The molecule has 182 valence electrons. The number of nitrogens with one attached hydrogen (secondary N) is 2. The molecule has 1 amide bonds. The molecule has 2 N–H and O–H groups in total. The number of methoxy groups -OCH3 is 1. The maximum Gasteiger partial charge on any atom is 0.228 e.